The third-order valence-corrected chi connectivity index (χ3v) is 3.12. The average molecular weight is 172 g/mol. The molecule has 0 aliphatic heterocycles. The minimum Gasteiger partial charge on any atom is -0.390 e. The van der Waals surface area contributed by atoms with Crippen LogP contribution in [0.3, 0.4) is 0 Å². The van der Waals surface area contributed by atoms with Crippen molar-refractivity contribution < 1.29 is 9.84 Å². The molecule has 2 heteroatoms. The van der Waals surface area contributed by atoms with E-state index >= 15 is 0 Å². The first-order valence-electron chi connectivity index (χ1n) is 4.94. The monoisotopic (exact) mass is 172 g/mol. The Balaban J connectivity index is 2.61. The first-order chi connectivity index (χ1) is 5.71. The van der Waals surface area contributed by atoms with Crippen LogP contribution >= 0.6 is 0 Å². The normalized spacial score (nSPS) is 26.2. The molecule has 1 saturated carbocycles. The van der Waals surface area contributed by atoms with Crippen LogP contribution in [0.5, 0.6) is 0 Å². The second kappa shape index (κ2) is 4.24. The lowest BCUT2D eigenvalue weighted by atomic mass is 9.89. The van der Waals surface area contributed by atoms with Gasteiger partial charge in [0, 0.05) is 7.11 Å². The van der Waals surface area contributed by atoms with Crippen molar-refractivity contribution in [1.82, 2.24) is 0 Å². The molecule has 0 spiro atoms. The molecular formula is C10H20O2. The Bertz CT molecular complexity index is 124. The summed E-state index contributed by atoms with van der Waals surface area (Å²) in [6.45, 7) is 1.84. The predicted octanol–water partition coefficient (Wildman–Crippen LogP) is 2.11. The van der Waals surface area contributed by atoms with Crippen molar-refractivity contribution in [3.63, 3.8) is 0 Å². The Hall–Kier alpha value is -0.0800. The van der Waals surface area contributed by atoms with Gasteiger partial charge < -0.3 is 9.84 Å². The van der Waals surface area contributed by atoms with Crippen LogP contribution in [0, 0.1) is 0 Å². The maximum Gasteiger partial charge on any atom is 0.0933 e. The molecule has 2 nitrogen and oxygen atoms in total. The molecule has 1 rings (SSSR count). The summed E-state index contributed by atoms with van der Waals surface area (Å²) in [7, 11) is 1.72. The first kappa shape index (κ1) is 10.0. The summed E-state index contributed by atoms with van der Waals surface area (Å²) in [6.07, 6.45) is 6.66. The fraction of sp³-hybridized carbons (Fsp3) is 1.00. The number of aliphatic hydroxyl groups is 1. The van der Waals surface area contributed by atoms with Crippen LogP contribution in [0.15, 0.2) is 0 Å². The second-order valence-electron chi connectivity index (χ2n) is 3.86. The highest BCUT2D eigenvalue weighted by molar-refractivity contribution is 4.87. The van der Waals surface area contributed by atoms with Crippen molar-refractivity contribution in [2.24, 2.45) is 0 Å². The number of hydrogen-bond donors (Lipinski definition) is 1. The lowest BCUT2D eigenvalue weighted by Gasteiger charge is -2.34. The maximum absolute atomic E-state index is 9.63. The van der Waals surface area contributed by atoms with Crippen LogP contribution in [0.1, 0.15) is 45.4 Å². The third-order valence-electron chi connectivity index (χ3n) is 3.12. The molecule has 1 fully saturated rings. The highest BCUT2D eigenvalue weighted by Crippen LogP contribution is 2.32. The Morgan fingerprint density at radius 2 is 1.67 bits per heavy atom. The summed E-state index contributed by atoms with van der Waals surface area (Å²) in [4.78, 5) is 0. The fourth-order valence-corrected chi connectivity index (χ4v) is 2.12. The van der Waals surface area contributed by atoms with Gasteiger partial charge in [-0.05, 0) is 19.8 Å². The summed E-state index contributed by atoms with van der Waals surface area (Å²) in [6, 6.07) is 0. The van der Waals surface area contributed by atoms with Gasteiger partial charge in [0.1, 0.15) is 0 Å². The van der Waals surface area contributed by atoms with Gasteiger partial charge in [0.05, 0.1) is 11.7 Å². The van der Waals surface area contributed by atoms with Crippen LogP contribution in [-0.4, -0.2) is 23.9 Å². The number of ether oxygens (including phenoxy) is 1. The fourth-order valence-electron chi connectivity index (χ4n) is 2.12. The van der Waals surface area contributed by atoms with Gasteiger partial charge in [0.15, 0.2) is 0 Å². The van der Waals surface area contributed by atoms with E-state index in [1.807, 2.05) is 6.92 Å². The Morgan fingerprint density at radius 1 is 1.17 bits per heavy atom. The van der Waals surface area contributed by atoms with Crippen LogP contribution in [0.25, 0.3) is 0 Å². The smallest absolute Gasteiger partial charge is 0.0933 e. The predicted molar refractivity (Wildman–Crippen MR) is 49.1 cm³/mol. The van der Waals surface area contributed by atoms with E-state index in [0.717, 1.165) is 12.8 Å². The molecule has 0 aromatic carbocycles. The van der Waals surface area contributed by atoms with E-state index in [2.05, 4.69) is 0 Å². The number of aliphatic hydroxyl groups excluding tert-OH is 1. The summed E-state index contributed by atoms with van der Waals surface area (Å²) in [5.74, 6) is 0. The van der Waals surface area contributed by atoms with Crippen molar-refractivity contribution in [2.75, 3.05) is 7.11 Å². The van der Waals surface area contributed by atoms with Gasteiger partial charge in [-0.25, -0.2) is 0 Å². The first-order valence-corrected chi connectivity index (χ1v) is 4.94. The van der Waals surface area contributed by atoms with Crippen LogP contribution in [0.4, 0.5) is 0 Å². The largest absolute Gasteiger partial charge is 0.390 e. The van der Waals surface area contributed by atoms with Gasteiger partial charge in [-0.15, -0.1) is 0 Å². The van der Waals surface area contributed by atoms with Gasteiger partial charge in [-0.2, -0.15) is 0 Å². The van der Waals surface area contributed by atoms with E-state index in [1.165, 1.54) is 25.7 Å². The number of methoxy groups -OCH3 is 1. The molecule has 12 heavy (non-hydrogen) atoms. The van der Waals surface area contributed by atoms with Gasteiger partial charge in [-0.1, -0.05) is 25.7 Å². The molecule has 1 unspecified atom stereocenters. The standard InChI is InChI=1S/C10H20O2/c1-9(11)10(12-2)7-5-3-4-6-8-10/h9,11H,3-8H2,1-2H3. The summed E-state index contributed by atoms with van der Waals surface area (Å²) >= 11 is 0. The molecule has 72 valence electrons. The summed E-state index contributed by atoms with van der Waals surface area (Å²) in [5.41, 5.74) is -0.240. The quantitative estimate of drug-likeness (QED) is 0.646. The topological polar surface area (TPSA) is 29.5 Å². The molecule has 0 aromatic rings. The molecule has 0 amide bonds. The molecule has 0 saturated heterocycles. The van der Waals surface area contributed by atoms with E-state index in [0.29, 0.717) is 0 Å². The Morgan fingerprint density at radius 3 is 2.00 bits per heavy atom. The molecule has 0 radical (unpaired) electrons. The molecule has 0 bridgehead atoms. The van der Waals surface area contributed by atoms with E-state index < -0.39 is 0 Å². The lowest BCUT2D eigenvalue weighted by Crippen LogP contribution is -2.41. The maximum atomic E-state index is 9.63. The van der Waals surface area contributed by atoms with Crippen molar-refractivity contribution in [1.29, 1.82) is 0 Å². The van der Waals surface area contributed by atoms with Crippen molar-refractivity contribution >= 4 is 0 Å². The van der Waals surface area contributed by atoms with Crippen LogP contribution in [0.2, 0.25) is 0 Å². The lowest BCUT2D eigenvalue weighted by molar-refractivity contribution is -0.104. The summed E-state index contributed by atoms with van der Waals surface area (Å²) in [5, 5.41) is 9.63. The van der Waals surface area contributed by atoms with E-state index in [-0.39, 0.29) is 11.7 Å². The minimum atomic E-state index is -0.333. The molecule has 1 aliphatic carbocycles. The van der Waals surface area contributed by atoms with Crippen molar-refractivity contribution in [3.8, 4) is 0 Å². The van der Waals surface area contributed by atoms with Gasteiger partial charge >= 0.3 is 0 Å². The van der Waals surface area contributed by atoms with E-state index in [4.69, 9.17) is 4.74 Å². The van der Waals surface area contributed by atoms with Crippen LogP contribution < -0.4 is 0 Å². The van der Waals surface area contributed by atoms with Crippen molar-refractivity contribution in [3.05, 3.63) is 0 Å². The number of rotatable bonds is 2. The molecule has 1 aliphatic rings. The molecule has 0 aromatic heterocycles. The minimum absolute atomic E-state index is 0.240. The zero-order valence-electron chi connectivity index (χ0n) is 8.18. The van der Waals surface area contributed by atoms with Gasteiger partial charge in [-0.3, -0.25) is 0 Å². The zero-order chi connectivity index (χ0) is 9.03. The Labute approximate surface area is 74.9 Å². The van der Waals surface area contributed by atoms with Crippen LogP contribution in [-0.2, 0) is 4.74 Å². The zero-order valence-corrected chi connectivity index (χ0v) is 8.18. The molecule has 1 N–H and O–H groups in total. The highest BCUT2D eigenvalue weighted by atomic mass is 16.5. The van der Waals surface area contributed by atoms with Gasteiger partial charge in [0.25, 0.3) is 0 Å². The van der Waals surface area contributed by atoms with Crippen molar-refractivity contribution in [2.45, 2.75) is 57.2 Å². The second-order valence-corrected chi connectivity index (χ2v) is 3.86. The SMILES string of the molecule is COC1(C(C)O)CCCCCC1. The van der Waals surface area contributed by atoms with E-state index in [1.54, 1.807) is 7.11 Å². The Kier molecular flexibility index (Phi) is 3.53. The summed E-state index contributed by atoms with van der Waals surface area (Å²) < 4.78 is 5.47. The highest BCUT2D eigenvalue weighted by Gasteiger charge is 2.35. The average Bonchev–Trinajstić information content (AvgIpc) is 2.29. The molecular weight excluding hydrogens is 152 g/mol. The third kappa shape index (κ3) is 1.99. The van der Waals surface area contributed by atoms with E-state index in [9.17, 15) is 5.11 Å². The van der Waals surface area contributed by atoms with Gasteiger partial charge in [0.2, 0.25) is 0 Å². The molecule has 1 atom stereocenters. The number of hydrogen-bond acceptors (Lipinski definition) is 2. The molecule has 0 heterocycles.